The third-order valence-electron chi connectivity index (χ3n) is 3.86. The smallest absolute Gasteiger partial charge is 0.257 e. The molecule has 1 saturated heterocycles. The third kappa shape index (κ3) is 3.51. The average molecular weight is 299 g/mol. The van der Waals surface area contributed by atoms with E-state index in [4.69, 9.17) is 4.74 Å². The van der Waals surface area contributed by atoms with Crippen molar-refractivity contribution in [3.05, 3.63) is 42.5 Å². The Labute approximate surface area is 130 Å². The minimum atomic E-state index is 0.600. The lowest BCUT2D eigenvalue weighted by Gasteiger charge is -2.23. The molecule has 2 aromatic heterocycles. The lowest BCUT2D eigenvalue weighted by molar-refractivity contribution is 0.285. The first-order valence-corrected chi connectivity index (χ1v) is 7.58. The number of hydrogen-bond donors (Lipinski definition) is 0. The highest BCUT2D eigenvalue weighted by atomic mass is 16.5. The first-order chi connectivity index (χ1) is 10.9. The van der Waals surface area contributed by atoms with Crippen LogP contribution < -0.4 is 9.64 Å². The molecule has 2 aromatic rings. The highest BCUT2D eigenvalue weighted by Gasteiger charge is 2.19. The molecule has 0 saturated carbocycles. The van der Waals surface area contributed by atoms with Gasteiger partial charge in [-0.05, 0) is 18.1 Å². The van der Waals surface area contributed by atoms with Crippen molar-refractivity contribution in [1.29, 1.82) is 0 Å². The van der Waals surface area contributed by atoms with Crippen molar-refractivity contribution in [2.45, 2.75) is 13.0 Å². The predicted octanol–water partition coefficient (Wildman–Crippen LogP) is 1.59. The second-order valence-corrected chi connectivity index (χ2v) is 5.37. The number of nitrogens with zero attached hydrogens (tertiary/aromatic N) is 5. The van der Waals surface area contributed by atoms with Crippen LogP contribution in [-0.2, 0) is 6.54 Å². The second kappa shape index (κ2) is 7.17. The highest BCUT2D eigenvalue weighted by Crippen LogP contribution is 2.23. The van der Waals surface area contributed by atoms with E-state index < -0.39 is 0 Å². The largest absolute Gasteiger partial charge is 0.478 e. The van der Waals surface area contributed by atoms with Crippen molar-refractivity contribution < 1.29 is 4.74 Å². The molecule has 1 fully saturated rings. The average Bonchev–Trinajstić information content (AvgIpc) is 2.81. The second-order valence-electron chi connectivity index (χ2n) is 5.37. The highest BCUT2D eigenvalue weighted by molar-refractivity contribution is 5.47. The van der Waals surface area contributed by atoms with Crippen molar-refractivity contribution in [2.24, 2.45) is 0 Å². The Morgan fingerprint density at radius 3 is 2.82 bits per heavy atom. The van der Waals surface area contributed by atoms with E-state index in [9.17, 15) is 0 Å². The first kappa shape index (κ1) is 14.7. The molecule has 0 aliphatic carbocycles. The molecule has 1 aliphatic heterocycles. The topological polar surface area (TPSA) is 54.4 Å². The van der Waals surface area contributed by atoms with Crippen LogP contribution in [0.4, 0.5) is 5.82 Å². The van der Waals surface area contributed by atoms with Gasteiger partial charge in [-0.2, -0.15) is 0 Å². The summed E-state index contributed by atoms with van der Waals surface area (Å²) in [4.78, 5) is 17.6. The summed E-state index contributed by atoms with van der Waals surface area (Å²) >= 11 is 0. The Morgan fingerprint density at radius 2 is 2.00 bits per heavy atom. The van der Waals surface area contributed by atoms with Gasteiger partial charge in [0, 0.05) is 57.5 Å². The quantitative estimate of drug-likeness (QED) is 0.854. The van der Waals surface area contributed by atoms with Crippen LogP contribution in [0.15, 0.2) is 36.9 Å². The number of anilines is 1. The normalized spacial score (nSPS) is 16.3. The number of pyridine rings is 1. The fourth-order valence-corrected chi connectivity index (χ4v) is 2.77. The monoisotopic (exact) mass is 299 g/mol. The number of aromatic nitrogens is 3. The molecule has 22 heavy (non-hydrogen) atoms. The van der Waals surface area contributed by atoms with Gasteiger partial charge in [0.05, 0.1) is 7.11 Å². The zero-order valence-electron chi connectivity index (χ0n) is 12.9. The van der Waals surface area contributed by atoms with Gasteiger partial charge < -0.3 is 9.64 Å². The molecule has 0 amide bonds. The van der Waals surface area contributed by atoms with Crippen LogP contribution in [0.25, 0.3) is 0 Å². The first-order valence-electron chi connectivity index (χ1n) is 7.58. The Hall–Kier alpha value is -2.21. The minimum Gasteiger partial charge on any atom is -0.478 e. The molecule has 3 rings (SSSR count). The Morgan fingerprint density at radius 1 is 1.09 bits per heavy atom. The maximum Gasteiger partial charge on any atom is 0.257 e. The van der Waals surface area contributed by atoms with Crippen molar-refractivity contribution in [1.82, 2.24) is 19.9 Å². The fourth-order valence-electron chi connectivity index (χ4n) is 2.77. The predicted molar refractivity (Wildman–Crippen MR) is 84.9 cm³/mol. The maximum atomic E-state index is 5.32. The molecule has 0 atom stereocenters. The van der Waals surface area contributed by atoms with Crippen molar-refractivity contribution in [2.75, 3.05) is 38.2 Å². The van der Waals surface area contributed by atoms with E-state index in [1.165, 1.54) is 5.56 Å². The molecule has 1 aliphatic rings. The molecule has 0 aromatic carbocycles. The number of rotatable bonds is 4. The van der Waals surface area contributed by atoms with Crippen molar-refractivity contribution >= 4 is 5.82 Å². The molecule has 0 spiro atoms. The van der Waals surface area contributed by atoms with Gasteiger partial charge in [0.15, 0.2) is 5.82 Å². The summed E-state index contributed by atoms with van der Waals surface area (Å²) in [6.45, 7) is 4.91. The molecule has 0 N–H and O–H groups in total. The van der Waals surface area contributed by atoms with Crippen LogP contribution in [0.2, 0.25) is 0 Å². The van der Waals surface area contributed by atoms with E-state index in [-0.39, 0.29) is 0 Å². The SMILES string of the molecule is COc1nccnc1N1CCCN(Cc2cccnc2)CC1. The van der Waals surface area contributed by atoms with Gasteiger partial charge in [0.1, 0.15) is 0 Å². The summed E-state index contributed by atoms with van der Waals surface area (Å²) in [5, 5.41) is 0. The standard InChI is InChI=1S/C16H21N5O/c1-22-16-15(18-6-7-19-16)21-9-3-8-20(10-11-21)13-14-4-2-5-17-12-14/h2,4-7,12H,3,8-11,13H2,1H3. The molecule has 6 nitrogen and oxygen atoms in total. The number of methoxy groups -OCH3 is 1. The molecule has 3 heterocycles. The van der Waals surface area contributed by atoms with Gasteiger partial charge in [-0.3, -0.25) is 9.88 Å². The zero-order valence-corrected chi connectivity index (χ0v) is 12.9. The number of hydrogen-bond acceptors (Lipinski definition) is 6. The summed E-state index contributed by atoms with van der Waals surface area (Å²) in [7, 11) is 1.64. The van der Waals surface area contributed by atoms with Crippen LogP contribution in [0.3, 0.4) is 0 Å². The van der Waals surface area contributed by atoms with Crippen LogP contribution >= 0.6 is 0 Å². The molecule has 116 valence electrons. The molecule has 0 radical (unpaired) electrons. The summed E-state index contributed by atoms with van der Waals surface area (Å²) in [5.41, 5.74) is 1.26. The summed E-state index contributed by atoms with van der Waals surface area (Å²) in [6.07, 6.45) is 8.23. The van der Waals surface area contributed by atoms with E-state index >= 15 is 0 Å². The van der Waals surface area contributed by atoms with Gasteiger partial charge in [0.25, 0.3) is 5.88 Å². The number of ether oxygens (including phenoxy) is 1. The molecular formula is C16H21N5O. The Balaban J connectivity index is 1.65. The molecule has 6 heteroatoms. The van der Waals surface area contributed by atoms with E-state index in [0.29, 0.717) is 5.88 Å². The summed E-state index contributed by atoms with van der Waals surface area (Å²) in [6, 6.07) is 4.12. The van der Waals surface area contributed by atoms with Gasteiger partial charge in [-0.25, -0.2) is 9.97 Å². The fraction of sp³-hybridized carbons (Fsp3) is 0.438. The van der Waals surface area contributed by atoms with Gasteiger partial charge in [-0.15, -0.1) is 0 Å². The van der Waals surface area contributed by atoms with E-state index in [1.54, 1.807) is 19.5 Å². The minimum absolute atomic E-state index is 0.600. The van der Waals surface area contributed by atoms with Crippen molar-refractivity contribution in [3.63, 3.8) is 0 Å². The molecular weight excluding hydrogens is 278 g/mol. The van der Waals surface area contributed by atoms with Crippen LogP contribution in [0, 0.1) is 0 Å². The third-order valence-corrected chi connectivity index (χ3v) is 3.86. The summed E-state index contributed by atoms with van der Waals surface area (Å²) in [5.74, 6) is 1.44. The van der Waals surface area contributed by atoms with Crippen LogP contribution in [0.1, 0.15) is 12.0 Å². The molecule has 0 unspecified atom stereocenters. The van der Waals surface area contributed by atoms with E-state index in [2.05, 4.69) is 30.8 Å². The lowest BCUT2D eigenvalue weighted by Crippen LogP contribution is -2.31. The van der Waals surface area contributed by atoms with E-state index in [0.717, 1.165) is 45.0 Å². The van der Waals surface area contributed by atoms with Crippen LogP contribution in [0.5, 0.6) is 5.88 Å². The summed E-state index contributed by atoms with van der Waals surface area (Å²) < 4.78 is 5.32. The maximum absolute atomic E-state index is 5.32. The lowest BCUT2D eigenvalue weighted by atomic mass is 10.2. The van der Waals surface area contributed by atoms with Crippen molar-refractivity contribution in [3.8, 4) is 5.88 Å². The van der Waals surface area contributed by atoms with Crippen LogP contribution in [-0.4, -0.2) is 53.1 Å². The van der Waals surface area contributed by atoms with Gasteiger partial charge in [0.2, 0.25) is 0 Å². The van der Waals surface area contributed by atoms with Gasteiger partial charge >= 0.3 is 0 Å². The van der Waals surface area contributed by atoms with E-state index in [1.807, 2.05) is 18.5 Å². The zero-order chi connectivity index (χ0) is 15.2. The Kier molecular flexibility index (Phi) is 4.80. The Bertz CT molecular complexity index is 592. The molecule has 0 bridgehead atoms. The van der Waals surface area contributed by atoms with Gasteiger partial charge in [-0.1, -0.05) is 6.07 Å².